The highest BCUT2D eigenvalue weighted by Crippen LogP contribution is 2.24. The summed E-state index contributed by atoms with van der Waals surface area (Å²) in [5.41, 5.74) is 8.87. The summed E-state index contributed by atoms with van der Waals surface area (Å²) in [4.78, 5) is 13.0. The van der Waals surface area contributed by atoms with E-state index < -0.39 is 0 Å². The second-order valence-electron chi connectivity index (χ2n) is 8.88. The number of amides is 1. The van der Waals surface area contributed by atoms with Gasteiger partial charge in [0.05, 0.1) is 23.8 Å². The minimum absolute atomic E-state index is 0.345. The van der Waals surface area contributed by atoms with E-state index in [9.17, 15) is 4.79 Å². The maximum atomic E-state index is 13.0. The van der Waals surface area contributed by atoms with Crippen LogP contribution in [0.15, 0.2) is 131 Å². The van der Waals surface area contributed by atoms with Crippen LogP contribution in [0, 0.1) is 0 Å². The molecule has 1 amide bonds. The van der Waals surface area contributed by atoms with Crippen LogP contribution in [0.2, 0.25) is 0 Å². The first kappa shape index (κ1) is 25.1. The summed E-state index contributed by atoms with van der Waals surface area (Å²) in [6.07, 6.45) is 5.33. The second kappa shape index (κ2) is 11.3. The molecule has 194 valence electrons. The van der Waals surface area contributed by atoms with Gasteiger partial charge < -0.3 is 0 Å². The molecule has 6 rings (SSSR count). The van der Waals surface area contributed by atoms with E-state index in [1.54, 1.807) is 33.8 Å². The number of hydrogen-bond donors (Lipinski definition) is 1. The number of nitrogens with zero attached hydrogens (tertiary/aromatic N) is 6. The molecule has 2 heterocycles. The number of aromatic nitrogens is 5. The molecule has 0 bridgehead atoms. The Balaban J connectivity index is 1.22. The fraction of sp³-hybridized carbons (Fsp3) is 0. The zero-order valence-corrected chi connectivity index (χ0v) is 22.7. The van der Waals surface area contributed by atoms with Gasteiger partial charge in [0.2, 0.25) is 0 Å². The van der Waals surface area contributed by atoms with Gasteiger partial charge in [-0.25, -0.2) is 14.8 Å². The second-order valence-corrected chi connectivity index (χ2v) is 9.80. The summed E-state index contributed by atoms with van der Waals surface area (Å²) in [6.45, 7) is 0. The first-order chi connectivity index (χ1) is 19.6. The Bertz CT molecular complexity index is 1790. The lowest BCUT2D eigenvalue weighted by molar-refractivity contribution is 0.0955. The van der Waals surface area contributed by atoms with Gasteiger partial charge in [0.1, 0.15) is 11.4 Å². The molecule has 0 aliphatic heterocycles. The number of para-hydroxylation sites is 1. The molecular weight excluding hydrogens is 566 g/mol. The smallest absolute Gasteiger partial charge is 0.267 e. The van der Waals surface area contributed by atoms with Crippen molar-refractivity contribution >= 4 is 28.1 Å². The molecule has 40 heavy (non-hydrogen) atoms. The fourth-order valence-corrected chi connectivity index (χ4v) is 4.44. The number of carbonyl (C=O) groups excluding carboxylic acids is 1. The molecule has 0 atom stereocenters. The zero-order chi connectivity index (χ0) is 27.3. The summed E-state index contributed by atoms with van der Waals surface area (Å²) in [5, 5.41) is 17.5. The monoisotopic (exact) mass is 587 g/mol. The molecule has 8 nitrogen and oxygen atoms in total. The highest BCUT2D eigenvalue weighted by molar-refractivity contribution is 9.10. The Morgan fingerprint density at radius 1 is 0.775 bits per heavy atom. The first-order valence-corrected chi connectivity index (χ1v) is 13.3. The van der Waals surface area contributed by atoms with Crippen LogP contribution < -0.4 is 5.43 Å². The summed E-state index contributed by atoms with van der Waals surface area (Å²) in [5.74, 6) is -0.345. The van der Waals surface area contributed by atoms with Gasteiger partial charge in [-0.2, -0.15) is 10.2 Å². The largest absolute Gasteiger partial charge is 0.271 e. The third kappa shape index (κ3) is 5.50. The molecule has 0 saturated carbocycles. The topological polar surface area (TPSA) is 90.0 Å². The minimum Gasteiger partial charge on any atom is -0.267 e. The van der Waals surface area contributed by atoms with E-state index in [2.05, 4.69) is 36.8 Å². The van der Waals surface area contributed by atoms with Crippen LogP contribution in [0.5, 0.6) is 0 Å². The van der Waals surface area contributed by atoms with Gasteiger partial charge >= 0.3 is 0 Å². The average Bonchev–Trinajstić information content (AvgIpc) is 3.67. The van der Waals surface area contributed by atoms with Crippen molar-refractivity contribution in [3.05, 3.63) is 137 Å². The number of halogens is 1. The lowest BCUT2D eigenvalue weighted by Gasteiger charge is -2.04. The number of rotatable bonds is 7. The maximum Gasteiger partial charge on any atom is 0.271 e. The molecule has 9 heteroatoms. The van der Waals surface area contributed by atoms with E-state index in [1.165, 1.54) is 0 Å². The maximum absolute atomic E-state index is 13.0. The third-order valence-corrected chi connectivity index (χ3v) is 6.72. The van der Waals surface area contributed by atoms with Gasteiger partial charge in [0.15, 0.2) is 0 Å². The highest BCUT2D eigenvalue weighted by Gasteiger charge is 2.12. The average molecular weight is 588 g/mol. The Morgan fingerprint density at radius 3 is 2.27 bits per heavy atom. The van der Waals surface area contributed by atoms with Gasteiger partial charge in [-0.05, 0) is 42.5 Å². The number of benzene rings is 4. The molecule has 0 unspecified atom stereocenters. The molecule has 0 fully saturated rings. The third-order valence-electron chi connectivity index (χ3n) is 6.19. The number of hydrazone groups is 1. The van der Waals surface area contributed by atoms with Gasteiger partial charge in [0.25, 0.3) is 5.91 Å². The van der Waals surface area contributed by atoms with Crippen molar-refractivity contribution in [1.82, 2.24) is 30.2 Å². The van der Waals surface area contributed by atoms with Gasteiger partial charge in [-0.3, -0.25) is 4.79 Å². The summed E-state index contributed by atoms with van der Waals surface area (Å²) in [7, 11) is 0. The van der Waals surface area contributed by atoms with Crippen LogP contribution in [0.25, 0.3) is 33.9 Å². The van der Waals surface area contributed by atoms with Gasteiger partial charge in [-0.1, -0.05) is 87.9 Å². The van der Waals surface area contributed by atoms with Crippen molar-refractivity contribution in [3.8, 4) is 33.9 Å². The molecule has 2 aromatic heterocycles. The van der Waals surface area contributed by atoms with Crippen molar-refractivity contribution in [1.29, 1.82) is 0 Å². The SMILES string of the molecule is O=C(N/N=C/c1cn(-c2ccccc2)nc1-c1ccc(Br)cc1)c1cccc(-n2cc(-c3ccccc3)nn2)c1. The molecule has 4 aromatic carbocycles. The molecular formula is C31H22BrN7O. The van der Waals surface area contributed by atoms with Crippen molar-refractivity contribution in [2.24, 2.45) is 5.10 Å². The van der Waals surface area contributed by atoms with Gasteiger partial charge in [0, 0.05) is 32.9 Å². The zero-order valence-electron chi connectivity index (χ0n) is 21.1. The molecule has 0 radical (unpaired) electrons. The van der Waals surface area contributed by atoms with E-state index in [0.29, 0.717) is 11.3 Å². The normalized spacial score (nSPS) is 11.1. The molecule has 0 aliphatic rings. The first-order valence-electron chi connectivity index (χ1n) is 12.5. The predicted molar refractivity (Wildman–Crippen MR) is 159 cm³/mol. The lowest BCUT2D eigenvalue weighted by atomic mass is 10.1. The Morgan fingerprint density at radius 2 is 1.50 bits per heavy atom. The van der Waals surface area contributed by atoms with E-state index in [0.717, 1.165) is 38.2 Å². The fourth-order valence-electron chi connectivity index (χ4n) is 4.17. The van der Waals surface area contributed by atoms with Crippen LogP contribution in [0.3, 0.4) is 0 Å². The van der Waals surface area contributed by atoms with Crippen LogP contribution in [0.1, 0.15) is 15.9 Å². The van der Waals surface area contributed by atoms with Crippen molar-refractivity contribution < 1.29 is 4.79 Å². The molecule has 0 aliphatic carbocycles. The van der Waals surface area contributed by atoms with Gasteiger partial charge in [-0.15, -0.1) is 5.10 Å². The highest BCUT2D eigenvalue weighted by atomic mass is 79.9. The summed E-state index contributed by atoms with van der Waals surface area (Å²) in [6, 6.07) is 34.7. The number of hydrogen-bond acceptors (Lipinski definition) is 5. The molecule has 1 N–H and O–H groups in total. The van der Waals surface area contributed by atoms with Crippen molar-refractivity contribution in [2.45, 2.75) is 0 Å². The van der Waals surface area contributed by atoms with E-state index in [4.69, 9.17) is 5.10 Å². The number of nitrogens with one attached hydrogen (secondary N) is 1. The molecule has 0 saturated heterocycles. The van der Waals surface area contributed by atoms with Crippen LogP contribution >= 0.6 is 15.9 Å². The van der Waals surface area contributed by atoms with E-state index >= 15 is 0 Å². The van der Waals surface area contributed by atoms with Crippen LogP contribution in [-0.4, -0.2) is 36.9 Å². The Hall–Kier alpha value is -5.15. The predicted octanol–water partition coefficient (Wildman–Crippen LogP) is 6.31. The molecule has 6 aromatic rings. The Kier molecular flexibility index (Phi) is 7.11. The van der Waals surface area contributed by atoms with E-state index in [1.807, 2.05) is 103 Å². The summed E-state index contributed by atoms with van der Waals surface area (Å²) < 4.78 is 4.42. The van der Waals surface area contributed by atoms with Crippen molar-refractivity contribution in [2.75, 3.05) is 0 Å². The minimum atomic E-state index is -0.345. The Labute approximate surface area is 238 Å². The number of carbonyl (C=O) groups is 1. The van der Waals surface area contributed by atoms with Crippen LogP contribution in [-0.2, 0) is 0 Å². The summed E-state index contributed by atoms with van der Waals surface area (Å²) >= 11 is 3.48. The molecule has 0 spiro atoms. The lowest BCUT2D eigenvalue weighted by Crippen LogP contribution is -2.17. The van der Waals surface area contributed by atoms with E-state index in [-0.39, 0.29) is 5.91 Å². The quantitative estimate of drug-likeness (QED) is 0.175. The van der Waals surface area contributed by atoms with Crippen LogP contribution in [0.4, 0.5) is 0 Å². The van der Waals surface area contributed by atoms with Crippen molar-refractivity contribution in [3.63, 3.8) is 0 Å². The standard InChI is InChI=1S/C31H22BrN7O/c32-26-16-14-23(15-17-26)30-25(20-38(36-30)27-11-5-2-6-12-27)19-33-35-31(40)24-10-7-13-28(18-24)39-21-29(34-37-39)22-8-3-1-4-9-22/h1-21H,(H,35,40)/b33-19+.